The first-order chi connectivity index (χ1) is 8.08. The molecule has 0 amide bonds. The molecule has 2 atom stereocenters. The van der Waals surface area contributed by atoms with Crippen LogP contribution in [0.4, 0.5) is 0 Å². The molecule has 0 bridgehead atoms. The van der Waals surface area contributed by atoms with Crippen molar-refractivity contribution < 1.29 is 0 Å². The molecule has 2 nitrogen and oxygen atoms in total. The van der Waals surface area contributed by atoms with Gasteiger partial charge in [-0.05, 0) is 31.5 Å². The fraction of sp³-hybridized carbons (Fsp3) is 0.643. The Balaban J connectivity index is 2.67. The lowest BCUT2D eigenvalue weighted by atomic mass is 10.1. The van der Waals surface area contributed by atoms with Gasteiger partial charge in [-0.25, -0.2) is 0 Å². The molecular formula is C14H24N2S. The van der Waals surface area contributed by atoms with Gasteiger partial charge in [-0.2, -0.15) is 0 Å². The van der Waals surface area contributed by atoms with Crippen LogP contribution in [0.3, 0.4) is 0 Å². The molecule has 0 spiro atoms. The van der Waals surface area contributed by atoms with E-state index >= 15 is 0 Å². The minimum atomic E-state index is 0.372. The van der Waals surface area contributed by atoms with E-state index in [9.17, 15) is 0 Å². The van der Waals surface area contributed by atoms with Crippen LogP contribution in [-0.4, -0.2) is 17.3 Å². The van der Waals surface area contributed by atoms with Crippen molar-refractivity contribution in [3.05, 3.63) is 24.0 Å². The lowest BCUT2D eigenvalue weighted by molar-refractivity contribution is 0.561. The van der Waals surface area contributed by atoms with Gasteiger partial charge in [0.1, 0.15) is 0 Å². The Labute approximate surface area is 110 Å². The van der Waals surface area contributed by atoms with Crippen molar-refractivity contribution in [1.29, 1.82) is 0 Å². The van der Waals surface area contributed by atoms with E-state index in [0.29, 0.717) is 17.2 Å². The molecular weight excluding hydrogens is 228 g/mol. The molecule has 0 aliphatic rings. The van der Waals surface area contributed by atoms with Gasteiger partial charge in [0.2, 0.25) is 0 Å². The van der Waals surface area contributed by atoms with E-state index in [4.69, 9.17) is 0 Å². The fourth-order valence-electron chi connectivity index (χ4n) is 1.58. The molecule has 2 unspecified atom stereocenters. The van der Waals surface area contributed by atoms with Crippen LogP contribution < -0.4 is 5.32 Å². The second-order valence-corrected chi connectivity index (χ2v) is 6.19. The first-order valence-electron chi connectivity index (χ1n) is 6.38. The Morgan fingerprint density at radius 3 is 2.41 bits per heavy atom. The molecule has 0 fully saturated rings. The summed E-state index contributed by atoms with van der Waals surface area (Å²) in [6, 6.07) is 4.70. The third kappa shape index (κ3) is 4.32. The molecule has 1 aromatic rings. The number of pyridine rings is 1. The van der Waals surface area contributed by atoms with Crippen LogP contribution in [0.5, 0.6) is 0 Å². The van der Waals surface area contributed by atoms with Crippen LogP contribution in [0.15, 0.2) is 23.2 Å². The number of rotatable bonds is 6. The average molecular weight is 252 g/mol. The Bertz CT molecular complexity index is 317. The zero-order valence-electron chi connectivity index (χ0n) is 11.5. The van der Waals surface area contributed by atoms with Gasteiger partial charge in [-0.15, -0.1) is 11.8 Å². The summed E-state index contributed by atoms with van der Waals surface area (Å²) in [7, 11) is 1.99. The number of aromatic nitrogens is 1. The molecule has 3 heteroatoms. The number of nitrogens with one attached hydrogen (secondary N) is 1. The van der Waals surface area contributed by atoms with Crippen LogP contribution in [0.1, 0.15) is 45.9 Å². The highest BCUT2D eigenvalue weighted by atomic mass is 32.2. The summed E-state index contributed by atoms with van der Waals surface area (Å²) in [4.78, 5) is 5.81. The molecule has 0 saturated heterocycles. The molecule has 1 heterocycles. The molecule has 17 heavy (non-hydrogen) atoms. The number of hydrogen-bond acceptors (Lipinski definition) is 3. The zero-order valence-corrected chi connectivity index (χ0v) is 12.3. The van der Waals surface area contributed by atoms with Gasteiger partial charge >= 0.3 is 0 Å². The highest BCUT2D eigenvalue weighted by Gasteiger charge is 2.11. The second kappa shape index (κ2) is 7.02. The molecule has 1 aromatic heterocycles. The molecule has 0 aliphatic heterocycles. The predicted octanol–water partition coefficient (Wildman–Crippen LogP) is 3.89. The molecule has 1 rings (SSSR count). The van der Waals surface area contributed by atoms with Crippen LogP contribution >= 0.6 is 11.8 Å². The monoisotopic (exact) mass is 252 g/mol. The number of hydrogen-bond donors (Lipinski definition) is 1. The van der Waals surface area contributed by atoms with Gasteiger partial charge in [0, 0.05) is 22.4 Å². The topological polar surface area (TPSA) is 24.9 Å². The largest absolute Gasteiger partial charge is 0.312 e. The molecule has 96 valence electrons. The van der Waals surface area contributed by atoms with Gasteiger partial charge in [-0.1, -0.05) is 27.7 Å². The zero-order chi connectivity index (χ0) is 12.8. The molecule has 0 radical (unpaired) electrons. The van der Waals surface area contributed by atoms with Crippen LogP contribution in [-0.2, 0) is 0 Å². The molecule has 0 saturated carbocycles. The highest BCUT2D eigenvalue weighted by Crippen LogP contribution is 2.27. The van der Waals surface area contributed by atoms with E-state index in [1.54, 1.807) is 0 Å². The van der Waals surface area contributed by atoms with Gasteiger partial charge in [0.25, 0.3) is 0 Å². The first-order valence-corrected chi connectivity index (χ1v) is 7.26. The Morgan fingerprint density at radius 2 is 2.00 bits per heavy atom. The highest BCUT2D eigenvalue weighted by molar-refractivity contribution is 8.00. The fourth-order valence-corrected chi connectivity index (χ4v) is 2.54. The van der Waals surface area contributed by atoms with Crippen LogP contribution in [0.2, 0.25) is 0 Å². The number of nitrogens with zero attached hydrogens (tertiary/aromatic N) is 1. The maximum atomic E-state index is 4.55. The third-order valence-electron chi connectivity index (χ3n) is 3.13. The van der Waals surface area contributed by atoms with Crippen molar-refractivity contribution in [3.63, 3.8) is 0 Å². The lowest BCUT2D eigenvalue weighted by Crippen LogP contribution is -2.16. The minimum Gasteiger partial charge on any atom is -0.312 e. The van der Waals surface area contributed by atoms with Crippen molar-refractivity contribution >= 4 is 11.8 Å². The summed E-state index contributed by atoms with van der Waals surface area (Å²) in [5, 5.41) is 3.91. The van der Waals surface area contributed by atoms with Crippen molar-refractivity contribution in [2.45, 2.75) is 50.3 Å². The normalized spacial score (nSPS) is 14.9. The van der Waals surface area contributed by atoms with E-state index in [1.807, 2.05) is 25.0 Å². The van der Waals surface area contributed by atoms with Crippen molar-refractivity contribution in [2.75, 3.05) is 7.05 Å². The molecule has 0 aromatic carbocycles. The van der Waals surface area contributed by atoms with Gasteiger partial charge < -0.3 is 5.32 Å². The third-order valence-corrected chi connectivity index (χ3v) is 4.56. The van der Waals surface area contributed by atoms with Crippen LogP contribution in [0, 0.1) is 5.92 Å². The SMILES string of the molecule is CCC(NC)c1ccc(SC(C)C(C)C)cn1. The van der Waals surface area contributed by atoms with Crippen molar-refractivity contribution in [1.82, 2.24) is 10.3 Å². The predicted molar refractivity (Wildman–Crippen MR) is 76.5 cm³/mol. The second-order valence-electron chi connectivity index (χ2n) is 4.74. The Hall–Kier alpha value is -0.540. The average Bonchev–Trinajstić information content (AvgIpc) is 2.32. The lowest BCUT2D eigenvalue weighted by Gasteiger charge is -2.16. The maximum absolute atomic E-state index is 4.55. The molecule has 1 N–H and O–H groups in total. The smallest absolute Gasteiger partial charge is 0.0573 e. The van der Waals surface area contributed by atoms with E-state index in [0.717, 1.165) is 12.1 Å². The summed E-state index contributed by atoms with van der Waals surface area (Å²) < 4.78 is 0. The first kappa shape index (κ1) is 14.5. The van der Waals surface area contributed by atoms with Crippen molar-refractivity contribution in [2.24, 2.45) is 5.92 Å². The summed E-state index contributed by atoms with van der Waals surface area (Å²) in [6.07, 6.45) is 3.07. The summed E-state index contributed by atoms with van der Waals surface area (Å²) >= 11 is 1.90. The molecule has 0 aliphatic carbocycles. The van der Waals surface area contributed by atoms with E-state index in [2.05, 4.69) is 50.1 Å². The quantitative estimate of drug-likeness (QED) is 0.778. The summed E-state index contributed by atoms with van der Waals surface area (Å²) in [5.74, 6) is 0.695. The van der Waals surface area contributed by atoms with Crippen molar-refractivity contribution in [3.8, 4) is 0 Å². The van der Waals surface area contributed by atoms with E-state index < -0.39 is 0 Å². The van der Waals surface area contributed by atoms with Crippen LogP contribution in [0.25, 0.3) is 0 Å². The minimum absolute atomic E-state index is 0.372. The van der Waals surface area contributed by atoms with Gasteiger partial charge in [0.15, 0.2) is 0 Å². The van der Waals surface area contributed by atoms with Gasteiger partial charge in [0.05, 0.1) is 5.69 Å². The summed E-state index contributed by atoms with van der Waals surface area (Å²) in [6.45, 7) is 8.96. The summed E-state index contributed by atoms with van der Waals surface area (Å²) in [5.41, 5.74) is 1.14. The Kier molecular flexibility index (Phi) is 6.00. The van der Waals surface area contributed by atoms with E-state index in [1.165, 1.54) is 4.90 Å². The standard InChI is InChI=1S/C14H24N2S/c1-6-13(15-5)14-8-7-12(9-16-14)17-11(4)10(2)3/h7-11,13,15H,6H2,1-5H3. The number of thioether (sulfide) groups is 1. The Morgan fingerprint density at radius 1 is 1.29 bits per heavy atom. The van der Waals surface area contributed by atoms with E-state index in [-0.39, 0.29) is 0 Å². The maximum Gasteiger partial charge on any atom is 0.0573 e. The van der Waals surface area contributed by atoms with Gasteiger partial charge in [-0.3, -0.25) is 4.98 Å².